The van der Waals surface area contributed by atoms with Gasteiger partial charge >= 0.3 is 0 Å². The van der Waals surface area contributed by atoms with E-state index >= 15 is 0 Å². The second-order valence-corrected chi connectivity index (χ2v) is 6.81. The number of nitro groups is 1. The summed E-state index contributed by atoms with van der Waals surface area (Å²) in [6.07, 6.45) is 2.21. The fourth-order valence-corrected chi connectivity index (χ4v) is 2.73. The highest BCUT2D eigenvalue weighted by atomic mass is 16.6. The van der Waals surface area contributed by atoms with E-state index in [9.17, 15) is 10.1 Å². The highest BCUT2D eigenvalue weighted by Crippen LogP contribution is 2.28. The first-order valence-electron chi connectivity index (χ1n) is 7.72. The Bertz CT molecular complexity index is 486. The lowest BCUT2D eigenvalue weighted by Crippen LogP contribution is -2.24. The van der Waals surface area contributed by atoms with Crippen LogP contribution in [0.1, 0.15) is 51.7 Å². The summed E-state index contributed by atoms with van der Waals surface area (Å²) in [5, 5.41) is 14.6. The predicted octanol–water partition coefficient (Wildman–Crippen LogP) is 5.08. The number of benzene rings is 1. The van der Waals surface area contributed by atoms with Crippen LogP contribution in [-0.4, -0.2) is 11.0 Å². The minimum atomic E-state index is -0.314. The van der Waals surface area contributed by atoms with E-state index in [2.05, 4.69) is 33.0 Å². The Morgan fingerprint density at radius 2 is 1.57 bits per heavy atom. The molecule has 0 heterocycles. The molecule has 0 amide bonds. The average molecular weight is 292 g/mol. The Labute approximate surface area is 128 Å². The number of hydrogen-bond donors (Lipinski definition) is 1. The standard InChI is InChI=1S/C17H28N2O2/c1-11(2)7-15(8-12(3)4)18-16-9-14(6)17(19(20)21)10-13(16)5/h9-12,15,18H,7-8H2,1-6H3. The van der Waals surface area contributed by atoms with Gasteiger partial charge in [-0.2, -0.15) is 0 Å². The van der Waals surface area contributed by atoms with Crippen LogP contribution < -0.4 is 5.32 Å². The lowest BCUT2D eigenvalue weighted by Gasteiger charge is -2.24. The maximum Gasteiger partial charge on any atom is 0.272 e. The maximum absolute atomic E-state index is 11.0. The normalized spacial score (nSPS) is 11.5. The molecule has 1 aromatic rings. The fourth-order valence-electron chi connectivity index (χ4n) is 2.73. The molecule has 4 nitrogen and oxygen atoms in total. The van der Waals surface area contributed by atoms with Crippen molar-refractivity contribution in [1.29, 1.82) is 0 Å². The molecule has 0 aromatic heterocycles. The second-order valence-electron chi connectivity index (χ2n) is 6.81. The molecule has 0 radical (unpaired) electrons. The van der Waals surface area contributed by atoms with E-state index in [1.807, 2.05) is 13.0 Å². The summed E-state index contributed by atoms with van der Waals surface area (Å²) in [5.74, 6) is 1.25. The van der Waals surface area contributed by atoms with Gasteiger partial charge in [0.2, 0.25) is 0 Å². The SMILES string of the molecule is Cc1cc([N+](=O)[O-])c(C)cc1NC(CC(C)C)CC(C)C. The van der Waals surface area contributed by atoms with E-state index in [1.54, 1.807) is 13.0 Å². The summed E-state index contributed by atoms with van der Waals surface area (Å²) < 4.78 is 0. The van der Waals surface area contributed by atoms with Crippen molar-refractivity contribution in [2.75, 3.05) is 5.32 Å². The second kappa shape index (κ2) is 7.43. The summed E-state index contributed by atoms with van der Waals surface area (Å²) in [7, 11) is 0. The Morgan fingerprint density at radius 1 is 1.05 bits per heavy atom. The zero-order valence-electron chi connectivity index (χ0n) is 14.1. The van der Waals surface area contributed by atoms with Gasteiger partial charge in [0.1, 0.15) is 0 Å². The number of aryl methyl sites for hydroxylation is 2. The van der Waals surface area contributed by atoms with E-state index in [1.165, 1.54) is 0 Å². The van der Waals surface area contributed by atoms with Crippen molar-refractivity contribution in [1.82, 2.24) is 0 Å². The quantitative estimate of drug-likeness (QED) is 0.563. The molecule has 0 unspecified atom stereocenters. The van der Waals surface area contributed by atoms with Gasteiger partial charge in [-0.1, -0.05) is 27.7 Å². The van der Waals surface area contributed by atoms with Crippen LogP contribution in [-0.2, 0) is 0 Å². The van der Waals surface area contributed by atoms with E-state index < -0.39 is 0 Å². The molecule has 1 rings (SSSR count). The van der Waals surface area contributed by atoms with Gasteiger partial charge in [-0.3, -0.25) is 10.1 Å². The maximum atomic E-state index is 11.0. The Morgan fingerprint density at radius 3 is 2.00 bits per heavy atom. The molecule has 0 aliphatic rings. The summed E-state index contributed by atoms with van der Waals surface area (Å²) in [4.78, 5) is 10.7. The third kappa shape index (κ3) is 5.37. The monoisotopic (exact) mass is 292 g/mol. The summed E-state index contributed by atoms with van der Waals surface area (Å²) in [6, 6.07) is 3.98. The number of rotatable bonds is 7. The zero-order chi connectivity index (χ0) is 16.2. The van der Waals surface area contributed by atoms with Crippen LogP contribution in [0.25, 0.3) is 0 Å². The van der Waals surface area contributed by atoms with Gasteiger partial charge in [-0.05, 0) is 50.2 Å². The largest absolute Gasteiger partial charge is 0.382 e. The van der Waals surface area contributed by atoms with Gasteiger partial charge in [0.05, 0.1) is 4.92 Å². The van der Waals surface area contributed by atoms with Crippen molar-refractivity contribution in [3.8, 4) is 0 Å². The van der Waals surface area contributed by atoms with Gasteiger partial charge in [0, 0.05) is 23.4 Å². The Balaban J connectivity index is 2.98. The lowest BCUT2D eigenvalue weighted by molar-refractivity contribution is -0.385. The highest BCUT2D eigenvalue weighted by Gasteiger charge is 2.17. The molecule has 0 fully saturated rings. The van der Waals surface area contributed by atoms with Gasteiger partial charge in [0.25, 0.3) is 5.69 Å². The Hall–Kier alpha value is -1.58. The molecule has 21 heavy (non-hydrogen) atoms. The summed E-state index contributed by atoms with van der Waals surface area (Å²) in [5.41, 5.74) is 2.86. The summed E-state index contributed by atoms with van der Waals surface area (Å²) in [6.45, 7) is 12.6. The van der Waals surface area contributed by atoms with Gasteiger partial charge < -0.3 is 5.32 Å². The van der Waals surface area contributed by atoms with Crippen molar-refractivity contribution in [3.63, 3.8) is 0 Å². The Kier molecular flexibility index (Phi) is 6.19. The van der Waals surface area contributed by atoms with Gasteiger partial charge in [-0.15, -0.1) is 0 Å². The van der Waals surface area contributed by atoms with E-state index in [-0.39, 0.29) is 10.6 Å². The van der Waals surface area contributed by atoms with Crippen LogP contribution in [0.2, 0.25) is 0 Å². The third-order valence-electron chi connectivity index (χ3n) is 3.61. The van der Waals surface area contributed by atoms with Crippen molar-refractivity contribution in [2.24, 2.45) is 11.8 Å². The average Bonchev–Trinajstić information content (AvgIpc) is 2.31. The van der Waals surface area contributed by atoms with Crippen molar-refractivity contribution in [3.05, 3.63) is 33.4 Å². The molecule has 0 bridgehead atoms. The number of hydrogen-bond acceptors (Lipinski definition) is 3. The van der Waals surface area contributed by atoms with E-state index in [4.69, 9.17) is 0 Å². The predicted molar refractivity (Wildman–Crippen MR) is 88.9 cm³/mol. The lowest BCUT2D eigenvalue weighted by atomic mass is 9.95. The zero-order valence-corrected chi connectivity index (χ0v) is 14.1. The fraction of sp³-hybridized carbons (Fsp3) is 0.647. The first-order valence-corrected chi connectivity index (χ1v) is 7.72. The molecule has 0 aliphatic heterocycles. The number of nitrogens with one attached hydrogen (secondary N) is 1. The number of nitro benzene ring substituents is 1. The first kappa shape index (κ1) is 17.5. The molecule has 4 heteroatoms. The third-order valence-corrected chi connectivity index (χ3v) is 3.61. The number of anilines is 1. The molecular weight excluding hydrogens is 264 g/mol. The minimum Gasteiger partial charge on any atom is -0.382 e. The topological polar surface area (TPSA) is 55.2 Å². The molecule has 1 aromatic carbocycles. The smallest absolute Gasteiger partial charge is 0.272 e. The molecule has 0 spiro atoms. The van der Waals surface area contributed by atoms with Crippen LogP contribution in [0, 0.1) is 35.8 Å². The van der Waals surface area contributed by atoms with Crippen LogP contribution >= 0.6 is 0 Å². The van der Waals surface area contributed by atoms with E-state index in [0.29, 0.717) is 23.4 Å². The molecule has 1 N–H and O–H groups in total. The van der Waals surface area contributed by atoms with Crippen LogP contribution in [0.5, 0.6) is 0 Å². The van der Waals surface area contributed by atoms with Crippen molar-refractivity contribution in [2.45, 2.75) is 60.4 Å². The number of nitrogens with zero attached hydrogens (tertiary/aromatic N) is 1. The van der Waals surface area contributed by atoms with Crippen LogP contribution in [0.4, 0.5) is 11.4 Å². The molecule has 0 aliphatic carbocycles. The molecule has 0 saturated heterocycles. The van der Waals surface area contributed by atoms with Gasteiger partial charge in [0.15, 0.2) is 0 Å². The minimum absolute atomic E-state index is 0.197. The molecule has 118 valence electrons. The molecule has 0 atom stereocenters. The molecule has 0 saturated carbocycles. The van der Waals surface area contributed by atoms with Gasteiger partial charge in [-0.25, -0.2) is 0 Å². The van der Waals surface area contributed by atoms with E-state index in [0.717, 1.165) is 24.1 Å². The molecular formula is C17H28N2O2. The van der Waals surface area contributed by atoms with Crippen LogP contribution in [0.15, 0.2) is 12.1 Å². The van der Waals surface area contributed by atoms with Crippen molar-refractivity contribution >= 4 is 11.4 Å². The summed E-state index contributed by atoms with van der Waals surface area (Å²) >= 11 is 0. The first-order chi connectivity index (χ1) is 9.70. The van der Waals surface area contributed by atoms with Crippen molar-refractivity contribution < 1.29 is 4.92 Å². The van der Waals surface area contributed by atoms with Crippen LogP contribution in [0.3, 0.4) is 0 Å². The highest BCUT2D eigenvalue weighted by molar-refractivity contribution is 5.59.